The maximum Gasteiger partial charge on any atom is 0.337 e. The van der Waals surface area contributed by atoms with Gasteiger partial charge in [0.1, 0.15) is 23.9 Å². The molecule has 0 heterocycles. The molecule has 0 aliphatic carbocycles. The van der Waals surface area contributed by atoms with Gasteiger partial charge in [-0.3, -0.25) is 4.79 Å². The predicted molar refractivity (Wildman–Crippen MR) is 151 cm³/mol. The third-order valence-corrected chi connectivity index (χ3v) is 5.76. The third-order valence-electron chi connectivity index (χ3n) is 5.76. The predicted octanol–water partition coefficient (Wildman–Crippen LogP) is 4.11. The Labute approximate surface area is 232 Å². The minimum atomic E-state index is -0.629. The molecule has 0 saturated heterocycles. The molecule has 0 aromatic heterocycles. The Morgan fingerprint density at radius 1 is 0.900 bits per heavy atom. The number of urea groups is 1. The Morgan fingerprint density at radius 3 is 2.35 bits per heavy atom. The highest BCUT2D eigenvalue weighted by molar-refractivity contribution is 6.00. The summed E-state index contributed by atoms with van der Waals surface area (Å²) in [6.07, 6.45) is 0.158. The number of Topliss-reactive ketones (excluding diaryl/α,β-unsaturated/α-hetero) is 1. The average Bonchev–Trinajstić information content (AvgIpc) is 2.94. The summed E-state index contributed by atoms with van der Waals surface area (Å²) in [5.74, 6) is -0.0502. The van der Waals surface area contributed by atoms with Crippen LogP contribution < -0.4 is 30.3 Å². The molecule has 40 heavy (non-hydrogen) atoms. The first-order valence-electron chi connectivity index (χ1n) is 12.5. The molecule has 0 fully saturated rings. The molecule has 0 atom stereocenters. The second-order valence-corrected chi connectivity index (χ2v) is 8.90. The number of nitrogens with zero attached hydrogens (tertiary/aromatic N) is 1. The lowest BCUT2D eigenvalue weighted by Gasteiger charge is -2.19. The van der Waals surface area contributed by atoms with Crippen molar-refractivity contribution in [2.24, 2.45) is 0 Å². The number of halogens is 1. The minimum absolute atomic E-state index is 0.0449. The number of hydrogen-bond donors (Lipinski definition) is 3. The van der Waals surface area contributed by atoms with Crippen molar-refractivity contribution < 1.29 is 33.0 Å². The van der Waals surface area contributed by atoms with Crippen LogP contribution in [-0.4, -0.2) is 65.8 Å². The van der Waals surface area contributed by atoms with Crippen LogP contribution in [0.2, 0.25) is 0 Å². The van der Waals surface area contributed by atoms with Gasteiger partial charge >= 0.3 is 12.0 Å². The van der Waals surface area contributed by atoms with Crippen molar-refractivity contribution in [1.29, 1.82) is 0 Å². The van der Waals surface area contributed by atoms with Gasteiger partial charge in [0.05, 0.1) is 43.4 Å². The van der Waals surface area contributed by atoms with E-state index in [1.807, 2.05) is 19.0 Å². The molecule has 3 aromatic carbocycles. The quantitative estimate of drug-likeness (QED) is 0.214. The lowest BCUT2D eigenvalue weighted by molar-refractivity contribution is -0.117. The van der Waals surface area contributed by atoms with E-state index in [-0.39, 0.29) is 24.4 Å². The number of ketones is 1. The number of anilines is 3. The Balaban J connectivity index is 1.47. The standard InChI is InChI=1S/C29H33FN4O6/c1-34(2)25-17-20(28(36)39-4)10-12-26(25)40-14-13-31-18-21(35)15-19-9-11-24(27(16-19)38-3)33-29(37)32-23-8-6-5-7-22(23)30/h5-12,16-17,31H,13-15,18H2,1-4H3,(H2,32,33,37). The van der Waals surface area contributed by atoms with Crippen LogP contribution in [0.15, 0.2) is 60.7 Å². The highest BCUT2D eigenvalue weighted by Gasteiger charge is 2.14. The maximum atomic E-state index is 13.8. The fourth-order valence-corrected chi connectivity index (χ4v) is 3.77. The van der Waals surface area contributed by atoms with Gasteiger partial charge in [0, 0.05) is 27.1 Å². The van der Waals surface area contributed by atoms with Crippen LogP contribution >= 0.6 is 0 Å². The Bertz CT molecular complexity index is 1350. The minimum Gasteiger partial charge on any atom is -0.495 e. The van der Waals surface area contributed by atoms with Crippen molar-refractivity contribution in [1.82, 2.24) is 5.32 Å². The van der Waals surface area contributed by atoms with Gasteiger partial charge < -0.3 is 35.1 Å². The molecule has 2 amide bonds. The van der Waals surface area contributed by atoms with E-state index in [1.165, 1.54) is 32.4 Å². The van der Waals surface area contributed by atoms with Gasteiger partial charge in [-0.05, 0) is 48.0 Å². The number of carbonyl (C=O) groups is 3. The van der Waals surface area contributed by atoms with E-state index in [0.29, 0.717) is 41.5 Å². The smallest absolute Gasteiger partial charge is 0.337 e. The third kappa shape index (κ3) is 8.43. The summed E-state index contributed by atoms with van der Waals surface area (Å²) in [7, 11) is 6.47. The van der Waals surface area contributed by atoms with Crippen molar-refractivity contribution in [2.45, 2.75) is 6.42 Å². The van der Waals surface area contributed by atoms with Crippen LogP contribution in [0, 0.1) is 5.82 Å². The fourth-order valence-electron chi connectivity index (χ4n) is 3.77. The Kier molecular flexibility index (Phi) is 10.8. The number of rotatable bonds is 13. The summed E-state index contributed by atoms with van der Waals surface area (Å²) in [5.41, 5.74) is 2.29. The van der Waals surface area contributed by atoms with E-state index in [9.17, 15) is 18.8 Å². The van der Waals surface area contributed by atoms with Gasteiger partial charge in [0.25, 0.3) is 0 Å². The molecule has 0 spiro atoms. The molecule has 0 bridgehead atoms. The van der Waals surface area contributed by atoms with Crippen molar-refractivity contribution in [3.63, 3.8) is 0 Å². The van der Waals surface area contributed by atoms with Crippen LogP contribution in [-0.2, 0) is 16.0 Å². The van der Waals surface area contributed by atoms with Gasteiger partial charge in [-0.2, -0.15) is 0 Å². The lowest BCUT2D eigenvalue weighted by atomic mass is 10.1. The van der Waals surface area contributed by atoms with Gasteiger partial charge in [0.15, 0.2) is 5.78 Å². The summed E-state index contributed by atoms with van der Waals surface area (Å²) >= 11 is 0. The van der Waals surface area contributed by atoms with Gasteiger partial charge in [-0.25, -0.2) is 14.0 Å². The number of amides is 2. The normalized spacial score (nSPS) is 10.4. The number of benzene rings is 3. The summed E-state index contributed by atoms with van der Waals surface area (Å²) in [6.45, 7) is 0.883. The van der Waals surface area contributed by atoms with Crippen LogP contribution in [0.25, 0.3) is 0 Å². The highest BCUT2D eigenvalue weighted by Crippen LogP contribution is 2.29. The molecular weight excluding hydrogens is 519 g/mol. The van der Waals surface area contributed by atoms with E-state index in [2.05, 4.69) is 16.0 Å². The van der Waals surface area contributed by atoms with Crippen molar-refractivity contribution in [3.05, 3.63) is 77.6 Å². The van der Waals surface area contributed by atoms with Crippen molar-refractivity contribution in [2.75, 3.05) is 63.5 Å². The zero-order chi connectivity index (χ0) is 29.1. The number of hydrogen-bond acceptors (Lipinski definition) is 8. The van der Waals surface area contributed by atoms with E-state index >= 15 is 0 Å². The number of carbonyl (C=O) groups excluding carboxylic acids is 3. The topological polar surface area (TPSA) is 118 Å². The van der Waals surface area contributed by atoms with Crippen molar-refractivity contribution in [3.8, 4) is 11.5 Å². The molecule has 3 N–H and O–H groups in total. The number of methoxy groups -OCH3 is 2. The first-order chi connectivity index (χ1) is 19.2. The molecule has 0 aliphatic rings. The van der Waals surface area contributed by atoms with Gasteiger partial charge in [-0.1, -0.05) is 18.2 Å². The maximum absolute atomic E-state index is 13.8. The summed E-state index contributed by atoms with van der Waals surface area (Å²) in [4.78, 5) is 38.4. The van der Waals surface area contributed by atoms with E-state index in [4.69, 9.17) is 14.2 Å². The number of para-hydroxylation sites is 1. The van der Waals surface area contributed by atoms with Crippen molar-refractivity contribution >= 4 is 34.8 Å². The SMILES string of the molecule is COC(=O)c1ccc(OCCNCC(=O)Cc2ccc(NC(=O)Nc3ccccc3F)c(OC)c2)c(N(C)C)c1. The molecule has 0 saturated carbocycles. The monoisotopic (exact) mass is 552 g/mol. The van der Waals surface area contributed by atoms with Crippen LogP contribution in [0.1, 0.15) is 15.9 Å². The molecule has 3 rings (SSSR count). The van der Waals surface area contributed by atoms with E-state index < -0.39 is 17.8 Å². The average molecular weight is 553 g/mol. The highest BCUT2D eigenvalue weighted by atomic mass is 19.1. The largest absolute Gasteiger partial charge is 0.495 e. The summed E-state index contributed by atoms with van der Waals surface area (Å²) < 4.78 is 29.8. The zero-order valence-electron chi connectivity index (χ0n) is 22.9. The molecular formula is C29H33FN4O6. The second kappa shape index (κ2) is 14.5. The lowest BCUT2D eigenvalue weighted by Crippen LogP contribution is -2.28. The van der Waals surface area contributed by atoms with Gasteiger partial charge in [0.2, 0.25) is 0 Å². The molecule has 3 aromatic rings. The molecule has 212 valence electrons. The molecule has 11 heteroatoms. The van der Waals surface area contributed by atoms with Crippen LogP contribution in [0.3, 0.4) is 0 Å². The van der Waals surface area contributed by atoms with E-state index in [1.54, 1.807) is 42.5 Å². The second-order valence-electron chi connectivity index (χ2n) is 8.90. The van der Waals surface area contributed by atoms with E-state index in [0.717, 1.165) is 5.69 Å². The first kappa shape index (κ1) is 29.9. The molecule has 0 unspecified atom stereocenters. The fraction of sp³-hybridized carbons (Fsp3) is 0.276. The number of esters is 1. The Hall–Kier alpha value is -4.64. The van der Waals surface area contributed by atoms with Gasteiger partial charge in [-0.15, -0.1) is 0 Å². The first-order valence-corrected chi connectivity index (χ1v) is 12.5. The van der Waals surface area contributed by atoms with Crippen LogP contribution in [0.5, 0.6) is 11.5 Å². The molecule has 0 aliphatic heterocycles. The Morgan fingerprint density at radius 2 is 1.65 bits per heavy atom. The van der Waals surface area contributed by atoms with Crippen LogP contribution in [0.4, 0.5) is 26.2 Å². The summed E-state index contributed by atoms with van der Waals surface area (Å²) in [6, 6.07) is 15.3. The molecule has 0 radical (unpaired) electrons. The number of nitrogens with one attached hydrogen (secondary N) is 3. The zero-order valence-corrected chi connectivity index (χ0v) is 22.9. The number of ether oxygens (including phenoxy) is 3. The molecule has 10 nitrogen and oxygen atoms in total. The summed E-state index contributed by atoms with van der Waals surface area (Å²) in [5, 5.41) is 8.13.